The van der Waals surface area contributed by atoms with Crippen molar-refractivity contribution in [3.63, 3.8) is 0 Å². The molecule has 188 valence electrons. The van der Waals surface area contributed by atoms with Gasteiger partial charge in [-0.3, -0.25) is 9.69 Å². The van der Waals surface area contributed by atoms with Gasteiger partial charge in [-0.1, -0.05) is 25.3 Å². The highest BCUT2D eigenvalue weighted by molar-refractivity contribution is 6.03. The lowest BCUT2D eigenvalue weighted by Gasteiger charge is -2.24. The van der Waals surface area contributed by atoms with Crippen molar-refractivity contribution < 1.29 is 13.2 Å². The molecule has 35 heavy (non-hydrogen) atoms. The second-order valence-electron chi connectivity index (χ2n) is 8.29. The molecule has 1 aliphatic heterocycles. The summed E-state index contributed by atoms with van der Waals surface area (Å²) in [6, 6.07) is 7.30. The molecule has 0 amide bonds. The average molecular weight is 489 g/mol. The predicted molar refractivity (Wildman–Crippen MR) is 132 cm³/mol. The normalized spacial score (nSPS) is 16.3. The van der Waals surface area contributed by atoms with Gasteiger partial charge in [-0.2, -0.15) is 13.2 Å². The number of fused-ring (bicyclic) bond motifs is 1. The van der Waals surface area contributed by atoms with E-state index in [0.717, 1.165) is 36.8 Å². The molecular weight excluding hydrogens is 457 g/mol. The Bertz CT molecular complexity index is 1090. The molecular formula is C25H31F3N6O. The Kier molecular flexibility index (Phi) is 10.1. The molecule has 1 aliphatic carbocycles. The number of alkyl halides is 3. The summed E-state index contributed by atoms with van der Waals surface area (Å²) in [5.41, 5.74) is 8.97. The molecule has 0 atom stereocenters. The summed E-state index contributed by atoms with van der Waals surface area (Å²) < 4.78 is 38.1. The SMILES string of the molecule is C#N.C=C.NC(=Nc1ccc2c(c1)CN(CC(F)(F)F)C2)c1c(NC2CCCCC2)cc[nH]c1=O. The fourth-order valence-corrected chi connectivity index (χ4v) is 4.40. The second-order valence-corrected chi connectivity index (χ2v) is 8.29. The van der Waals surface area contributed by atoms with Crippen molar-refractivity contribution in [1.82, 2.24) is 9.88 Å². The van der Waals surface area contributed by atoms with Gasteiger partial charge in [0.1, 0.15) is 11.4 Å². The zero-order chi connectivity index (χ0) is 26.0. The summed E-state index contributed by atoms with van der Waals surface area (Å²) in [7, 11) is 0. The van der Waals surface area contributed by atoms with Crippen LogP contribution >= 0.6 is 0 Å². The van der Waals surface area contributed by atoms with Gasteiger partial charge in [0.15, 0.2) is 0 Å². The fraction of sp³-hybridized carbons (Fsp3) is 0.400. The highest BCUT2D eigenvalue weighted by Crippen LogP contribution is 2.30. The zero-order valence-electron chi connectivity index (χ0n) is 19.6. The maximum atomic E-state index is 12.7. The molecule has 1 fully saturated rings. The number of aromatic amines is 1. The molecule has 0 radical (unpaired) electrons. The van der Waals surface area contributed by atoms with Gasteiger partial charge in [-0.15, -0.1) is 13.2 Å². The summed E-state index contributed by atoms with van der Waals surface area (Å²) in [6.45, 7) is 9.01. The molecule has 0 unspecified atom stereocenters. The number of aromatic nitrogens is 1. The first-order valence-corrected chi connectivity index (χ1v) is 11.3. The number of nitrogens with two attached hydrogens (primary N) is 1. The Hall–Kier alpha value is -3.58. The molecule has 2 heterocycles. The second kappa shape index (κ2) is 12.8. The first-order valence-electron chi connectivity index (χ1n) is 11.3. The van der Waals surface area contributed by atoms with Gasteiger partial charge in [0.05, 0.1) is 17.9 Å². The van der Waals surface area contributed by atoms with Crippen LogP contribution in [0.5, 0.6) is 0 Å². The van der Waals surface area contributed by atoms with Crippen molar-refractivity contribution in [2.24, 2.45) is 10.7 Å². The Morgan fingerprint density at radius 3 is 2.49 bits per heavy atom. The summed E-state index contributed by atoms with van der Waals surface area (Å²) in [4.78, 5) is 20.9. The molecule has 0 spiro atoms. The molecule has 2 aromatic rings. The Balaban J connectivity index is 0.00000103. The van der Waals surface area contributed by atoms with E-state index >= 15 is 0 Å². The van der Waals surface area contributed by atoms with Crippen LogP contribution in [0.1, 0.15) is 48.8 Å². The van der Waals surface area contributed by atoms with Crippen LogP contribution in [0, 0.1) is 11.8 Å². The van der Waals surface area contributed by atoms with Crippen LogP contribution in [0.15, 0.2) is 53.4 Å². The lowest BCUT2D eigenvalue weighted by Crippen LogP contribution is -2.30. The summed E-state index contributed by atoms with van der Waals surface area (Å²) in [6.07, 6.45) is 2.97. The number of aliphatic imine (C=N–C) groups is 1. The number of rotatable bonds is 5. The van der Waals surface area contributed by atoms with Gasteiger partial charge in [0.25, 0.3) is 5.56 Å². The topological polar surface area (TPSA) is 110 Å². The van der Waals surface area contributed by atoms with Crippen LogP contribution < -0.4 is 16.6 Å². The number of nitriles is 1. The van der Waals surface area contributed by atoms with Crippen LogP contribution in [0.25, 0.3) is 0 Å². The predicted octanol–water partition coefficient (Wildman–Crippen LogP) is 4.98. The zero-order valence-corrected chi connectivity index (χ0v) is 19.6. The quantitative estimate of drug-likeness (QED) is 0.312. The minimum atomic E-state index is -4.23. The van der Waals surface area contributed by atoms with E-state index < -0.39 is 12.7 Å². The van der Waals surface area contributed by atoms with E-state index in [1.54, 1.807) is 30.5 Å². The number of pyridine rings is 1. The van der Waals surface area contributed by atoms with Crippen molar-refractivity contribution in [2.45, 2.75) is 57.4 Å². The number of nitrogens with zero attached hydrogens (tertiary/aromatic N) is 3. The highest BCUT2D eigenvalue weighted by Gasteiger charge is 2.33. The maximum absolute atomic E-state index is 12.7. The molecule has 0 saturated heterocycles. The molecule has 7 nitrogen and oxygen atoms in total. The van der Waals surface area contributed by atoms with Crippen LogP contribution in [0.2, 0.25) is 0 Å². The van der Waals surface area contributed by atoms with Crippen molar-refractivity contribution >= 4 is 17.2 Å². The molecule has 4 N–H and O–H groups in total. The average Bonchev–Trinajstić information content (AvgIpc) is 3.22. The van der Waals surface area contributed by atoms with E-state index in [1.807, 2.05) is 0 Å². The molecule has 1 saturated carbocycles. The number of hydrogen-bond donors (Lipinski definition) is 3. The van der Waals surface area contributed by atoms with Crippen molar-refractivity contribution in [3.8, 4) is 6.57 Å². The number of amidine groups is 1. The van der Waals surface area contributed by atoms with E-state index in [0.29, 0.717) is 17.4 Å². The largest absolute Gasteiger partial charge is 0.401 e. The first-order chi connectivity index (χ1) is 16.8. The highest BCUT2D eigenvalue weighted by atomic mass is 19.4. The number of anilines is 1. The van der Waals surface area contributed by atoms with E-state index in [2.05, 4.69) is 35.0 Å². The lowest BCUT2D eigenvalue weighted by atomic mass is 9.95. The van der Waals surface area contributed by atoms with E-state index in [9.17, 15) is 18.0 Å². The van der Waals surface area contributed by atoms with E-state index in [4.69, 9.17) is 11.0 Å². The summed E-state index contributed by atoms with van der Waals surface area (Å²) in [5, 5.41) is 9.93. The minimum Gasteiger partial charge on any atom is -0.383 e. The van der Waals surface area contributed by atoms with Crippen LogP contribution in [-0.4, -0.2) is 34.5 Å². The number of nitrogens with one attached hydrogen (secondary N) is 2. The van der Waals surface area contributed by atoms with E-state index in [1.165, 1.54) is 11.3 Å². The van der Waals surface area contributed by atoms with Gasteiger partial charge in [0, 0.05) is 31.9 Å². The van der Waals surface area contributed by atoms with Crippen LogP contribution in [-0.2, 0) is 13.1 Å². The molecule has 10 heteroatoms. The lowest BCUT2D eigenvalue weighted by molar-refractivity contribution is -0.146. The van der Waals surface area contributed by atoms with Crippen LogP contribution in [0.3, 0.4) is 0 Å². The molecule has 1 aromatic heterocycles. The third-order valence-corrected chi connectivity index (χ3v) is 5.81. The summed E-state index contributed by atoms with van der Waals surface area (Å²) in [5.74, 6) is 0.0743. The van der Waals surface area contributed by atoms with Gasteiger partial charge in [-0.25, -0.2) is 10.3 Å². The number of H-pyrrole nitrogens is 1. The van der Waals surface area contributed by atoms with Crippen molar-refractivity contribution in [1.29, 1.82) is 5.26 Å². The number of halogens is 3. The Morgan fingerprint density at radius 1 is 1.17 bits per heavy atom. The molecule has 0 bridgehead atoms. The standard InChI is InChI=1S/C22H26F3N5O.C2H4.CHN/c23-22(24,25)13-30-11-14-6-7-17(10-15(14)12-30)29-20(26)19-18(8-9-27-21(19)31)28-16-4-2-1-3-5-16;2*1-2/h6-10,16H,1-5,11-13H2,(H2,26,29)(H2,27,28,31);1-2H2;1H. The maximum Gasteiger partial charge on any atom is 0.401 e. The fourth-order valence-electron chi connectivity index (χ4n) is 4.40. The Labute approximate surface area is 203 Å². The molecule has 1 aromatic carbocycles. The van der Waals surface area contributed by atoms with Crippen molar-refractivity contribution in [2.75, 3.05) is 11.9 Å². The van der Waals surface area contributed by atoms with Gasteiger partial charge in [-0.05, 0) is 42.2 Å². The van der Waals surface area contributed by atoms with Crippen LogP contribution in [0.4, 0.5) is 24.5 Å². The summed E-state index contributed by atoms with van der Waals surface area (Å²) >= 11 is 0. The van der Waals surface area contributed by atoms with Gasteiger partial charge >= 0.3 is 6.18 Å². The number of benzene rings is 1. The minimum absolute atomic E-state index is 0.0743. The molecule has 4 rings (SSSR count). The molecule has 2 aliphatic rings. The monoisotopic (exact) mass is 488 g/mol. The smallest absolute Gasteiger partial charge is 0.383 e. The Morgan fingerprint density at radius 2 is 1.83 bits per heavy atom. The third-order valence-electron chi connectivity index (χ3n) is 5.81. The van der Waals surface area contributed by atoms with Gasteiger partial charge in [0.2, 0.25) is 0 Å². The number of hydrogen-bond acceptors (Lipinski definition) is 5. The first kappa shape index (κ1) is 27.7. The van der Waals surface area contributed by atoms with E-state index in [-0.39, 0.29) is 30.0 Å². The van der Waals surface area contributed by atoms with Crippen molar-refractivity contribution in [3.05, 3.63) is 70.7 Å². The van der Waals surface area contributed by atoms with Gasteiger partial charge < -0.3 is 16.0 Å². The third kappa shape index (κ3) is 7.72.